The second-order valence-electron chi connectivity index (χ2n) is 7.31. The average molecular weight is 387 g/mol. The summed E-state index contributed by atoms with van der Waals surface area (Å²) in [5, 5.41) is 6.66. The van der Waals surface area contributed by atoms with Crippen molar-refractivity contribution in [2.24, 2.45) is 5.92 Å². The number of hydrogen-bond donors (Lipinski definition) is 2. The summed E-state index contributed by atoms with van der Waals surface area (Å²) in [7, 11) is 0. The third-order valence-electron chi connectivity index (χ3n) is 5.28. The molecule has 0 spiro atoms. The standard InChI is InChI=1S/C23H30N2O.ClH/c26-23(15-14-20-16-17-24-18-20)25-22(21-11-5-2-6-12-21)13-7-10-19-8-3-1-4-9-19;/h1-6,8-9,11-12,20,22,24H,7,10,13-18H2,(H,25,26);1H. The first-order valence-corrected chi connectivity index (χ1v) is 9.90. The van der Waals surface area contributed by atoms with Gasteiger partial charge in [-0.1, -0.05) is 60.7 Å². The van der Waals surface area contributed by atoms with Crippen LogP contribution in [-0.4, -0.2) is 19.0 Å². The summed E-state index contributed by atoms with van der Waals surface area (Å²) in [5.41, 5.74) is 2.57. The predicted octanol–water partition coefficient (Wildman–Crippen LogP) is 4.68. The van der Waals surface area contributed by atoms with Crippen LogP contribution >= 0.6 is 12.4 Å². The number of carbonyl (C=O) groups excluding carboxylic acids is 1. The van der Waals surface area contributed by atoms with E-state index in [0.29, 0.717) is 12.3 Å². The quantitative estimate of drug-likeness (QED) is 0.657. The van der Waals surface area contributed by atoms with E-state index in [2.05, 4.69) is 65.2 Å². The van der Waals surface area contributed by atoms with Crippen molar-refractivity contribution in [1.82, 2.24) is 10.6 Å². The minimum atomic E-state index is 0. The summed E-state index contributed by atoms with van der Waals surface area (Å²) in [6, 6.07) is 21.0. The summed E-state index contributed by atoms with van der Waals surface area (Å²) in [4.78, 5) is 12.5. The van der Waals surface area contributed by atoms with E-state index in [-0.39, 0.29) is 24.4 Å². The minimum absolute atomic E-state index is 0. The van der Waals surface area contributed by atoms with Gasteiger partial charge in [0.15, 0.2) is 0 Å². The number of halogens is 1. The Morgan fingerprint density at radius 1 is 1.07 bits per heavy atom. The van der Waals surface area contributed by atoms with Crippen molar-refractivity contribution in [3.8, 4) is 0 Å². The number of nitrogens with one attached hydrogen (secondary N) is 2. The van der Waals surface area contributed by atoms with Crippen molar-refractivity contribution >= 4 is 18.3 Å². The number of rotatable bonds is 9. The van der Waals surface area contributed by atoms with Crippen LogP contribution in [-0.2, 0) is 11.2 Å². The third-order valence-corrected chi connectivity index (χ3v) is 5.28. The molecule has 0 saturated carbocycles. The van der Waals surface area contributed by atoms with E-state index in [1.54, 1.807) is 0 Å². The Morgan fingerprint density at radius 3 is 2.44 bits per heavy atom. The smallest absolute Gasteiger partial charge is 0.220 e. The van der Waals surface area contributed by atoms with E-state index in [1.165, 1.54) is 17.5 Å². The molecule has 2 N–H and O–H groups in total. The number of amides is 1. The molecule has 4 heteroatoms. The molecule has 1 saturated heterocycles. The normalized spacial score (nSPS) is 17.1. The van der Waals surface area contributed by atoms with Crippen LogP contribution in [0.15, 0.2) is 60.7 Å². The monoisotopic (exact) mass is 386 g/mol. The van der Waals surface area contributed by atoms with Gasteiger partial charge in [-0.2, -0.15) is 0 Å². The molecule has 0 radical (unpaired) electrons. The van der Waals surface area contributed by atoms with Gasteiger partial charge in [-0.05, 0) is 62.2 Å². The van der Waals surface area contributed by atoms with Crippen molar-refractivity contribution in [2.75, 3.05) is 13.1 Å². The van der Waals surface area contributed by atoms with Crippen LogP contribution in [0.2, 0.25) is 0 Å². The zero-order valence-electron chi connectivity index (χ0n) is 15.9. The fourth-order valence-corrected chi connectivity index (χ4v) is 3.73. The highest BCUT2D eigenvalue weighted by Crippen LogP contribution is 2.21. The van der Waals surface area contributed by atoms with Gasteiger partial charge in [-0.25, -0.2) is 0 Å². The van der Waals surface area contributed by atoms with E-state index in [4.69, 9.17) is 0 Å². The number of aryl methyl sites for hydroxylation is 1. The fraction of sp³-hybridized carbons (Fsp3) is 0.435. The lowest BCUT2D eigenvalue weighted by atomic mass is 9.98. The van der Waals surface area contributed by atoms with Crippen LogP contribution < -0.4 is 10.6 Å². The molecule has 1 heterocycles. The Labute approximate surface area is 169 Å². The van der Waals surface area contributed by atoms with Crippen molar-refractivity contribution in [3.63, 3.8) is 0 Å². The van der Waals surface area contributed by atoms with Crippen LogP contribution in [0.5, 0.6) is 0 Å². The van der Waals surface area contributed by atoms with E-state index < -0.39 is 0 Å². The number of benzene rings is 2. The van der Waals surface area contributed by atoms with Gasteiger partial charge in [0.1, 0.15) is 0 Å². The maximum atomic E-state index is 12.5. The van der Waals surface area contributed by atoms with Gasteiger partial charge >= 0.3 is 0 Å². The second-order valence-corrected chi connectivity index (χ2v) is 7.31. The van der Waals surface area contributed by atoms with E-state index >= 15 is 0 Å². The Balaban J connectivity index is 0.00000261. The van der Waals surface area contributed by atoms with E-state index in [1.807, 2.05) is 6.07 Å². The summed E-state index contributed by atoms with van der Waals surface area (Å²) in [5.74, 6) is 0.847. The lowest BCUT2D eigenvalue weighted by molar-refractivity contribution is -0.122. The Kier molecular flexibility index (Phi) is 9.37. The average Bonchev–Trinajstić information content (AvgIpc) is 3.21. The fourth-order valence-electron chi connectivity index (χ4n) is 3.73. The molecule has 1 aliphatic rings. The minimum Gasteiger partial charge on any atom is -0.349 e. The molecule has 3 rings (SSSR count). The lowest BCUT2D eigenvalue weighted by Gasteiger charge is -2.20. The largest absolute Gasteiger partial charge is 0.349 e. The maximum Gasteiger partial charge on any atom is 0.220 e. The topological polar surface area (TPSA) is 41.1 Å². The molecule has 0 aliphatic carbocycles. The lowest BCUT2D eigenvalue weighted by Crippen LogP contribution is -2.29. The molecule has 3 nitrogen and oxygen atoms in total. The second kappa shape index (κ2) is 11.8. The molecular formula is C23H31ClN2O. The van der Waals surface area contributed by atoms with E-state index in [9.17, 15) is 4.79 Å². The molecule has 2 aromatic rings. The van der Waals surface area contributed by atoms with Crippen LogP contribution in [0, 0.1) is 5.92 Å². The predicted molar refractivity (Wildman–Crippen MR) is 114 cm³/mol. The third kappa shape index (κ3) is 7.36. The Hall–Kier alpha value is -1.84. The molecule has 1 amide bonds. The van der Waals surface area contributed by atoms with Gasteiger partial charge in [0.05, 0.1) is 6.04 Å². The van der Waals surface area contributed by atoms with Gasteiger partial charge in [-0.15, -0.1) is 12.4 Å². The van der Waals surface area contributed by atoms with Gasteiger partial charge in [0.2, 0.25) is 5.91 Å². The van der Waals surface area contributed by atoms with Crippen LogP contribution in [0.1, 0.15) is 49.3 Å². The summed E-state index contributed by atoms with van der Waals surface area (Å²) in [6.07, 6.45) is 5.91. The first-order valence-electron chi connectivity index (χ1n) is 9.90. The van der Waals surface area contributed by atoms with Crippen molar-refractivity contribution < 1.29 is 4.79 Å². The molecule has 146 valence electrons. The van der Waals surface area contributed by atoms with Crippen LogP contribution in [0.25, 0.3) is 0 Å². The maximum absolute atomic E-state index is 12.5. The number of hydrogen-bond acceptors (Lipinski definition) is 2. The summed E-state index contributed by atoms with van der Waals surface area (Å²) in [6.45, 7) is 2.16. The molecule has 0 aromatic heterocycles. The molecule has 27 heavy (non-hydrogen) atoms. The number of carbonyl (C=O) groups is 1. The molecule has 1 aliphatic heterocycles. The SMILES string of the molecule is Cl.O=C(CCC1CCNC1)NC(CCCc1ccccc1)c1ccccc1. The Morgan fingerprint density at radius 2 is 1.78 bits per heavy atom. The van der Waals surface area contributed by atoms with Crippen LogP contribution in [0.4, 0.5) is 0 Å². The highest BCUT2D eigenvalue weighted by molar-refractivity contribution is 5.85. The zero-order chi connectivity index (χ0) is 18.0. The molecule has 2 unspecified atom stereocenters. The molecule has 2 atom stereocenters. The first-order chi connectivity index (χ1) is 12.8. The van der Waals surface area contributed by atoms with E-state index in [0.717, 1.165) is 38.8 Å². The summed E-state index contributed by atoms with van der Waals surface area (Å²) < 4.78 is 0. The Bertz CT molecular complexity index is 657. The van der Waals surface area contributed by atoms with Gasteiger partial charge < -0.3 is 10.6 Å². The highest BCUT2D eigenvalue weighted by Gasteiger charge is 2.18. The molecular weight excluding hydrogens is 356 g/mol. The molecule has 0 bridgehead atoms. The molecule has 1 fully saturated rings. The summed E-state index contributed by atoms with van der Waals surface area (Å²) >= 11 is 0. The zero-order valence-corrected chi connectivity index (χ0v) is 16.7. The highest BCUT2D eigenvalue weighted by atomic mass is 35.5. The van der Waals surface area contributed by atoms with Crippen molar-refractivity contribution in [1.29, 1.82) is 0 Å². The van der Waals surface area contributed by atoms with Gasteiger partial charge in [0.25, 0.3) is 0 Å². The van der Waals surface area contributed by atoms with Gasteiger partial charge in [0, 0.05) is 6.42 Å². The first kappa shape index (κ1) is 21.5. The van der Waals surface area contributed by atoms with Crippen molar-refractivity contribution in [3.05, 3.63) is 71.8 Å². The van der Waals surface area contributed by atoms with Crippen LogP contribution in [0.3, 0.4) is 0 Å². The van der Waals surface area contributed by atoms with Gasteiger partial charge in [-0.3, -0.25) is 4.79 Å². The molecule has 2 aromatic carbocycles. The van der Waals surface area contributed by atoms with Crippen molar-refractivity contribution in [2.45, 2.75) is 44.6 Å².